The summed E-state index contributed by atoms with van der Waals surface area (Å²) in [4.78, 5) is 39.8. The van der Waals surface area contributed by atoms with Crippen molar-refractivity contribution in [2.45, 2.75) is 25.2 Å². The highest BCUT2D eigenvalue weighted by molar-refractivity contribution is 9.10. The Hall–Kier alpha value is -3.25. The lowest BCUT2D eigenvalue weighted by Crippen LogP contribution is -2.42. The molecule has 1 aliphatic rings. The van der Waals surface area contributed by atoms with Gasteiger partial charge in [-0.1, -0.05) is 77.5 Å². The maximum absolute atomic E-state index is 14.0. The largest absolute Gasteiger partial charge is 0.468 e. The van der Waals surface area contributed by atoms with Crippen LogP contribution in [0.5, 0.6) is 5.75 Å². The van der Waals surface area contributed by atoms with Gasteiger partial charge in [-0.05, 0) is 35.7 Å². The van der Waals surface area contributed by atoms with Crippen LogP contribution in [-0.2, 0) is 20.7 Å². The van der Waals surface area contributed by atoms with Crippen molar-refractivity contribution >= 4 is 33.7 Å². The summed E-state index contributed by atoms with van der Waals surface area (Å²) in [7, 11) is 1.23. The van der Waals surface area contributed by atoms with Crippen LogP contribution in [0.3, 0.4) is 0 Å². The van der Waals surface area contributed by atoms with Gasteiger partial charge in [-0.15, -0.1) is 0 Å². The molecule has 1 heterocycles. The fourth-order valence-corrected chi connectivity index (χ4v) is 4.76. The van der Waals surface area contributed by atoms with E-state index in [0.29, 0.717) is 22.4 Å². The molecule has 168 valence electrons. The van der Waals surface area contributed by atoms with Crippen LogP contribution in [0.4, 0.5) is 0 Å². The van der Waals surface area contributed by atoms with Gasteiger partial charge in [0.25, 0.3) is 0 Å². The van der Waals surface area contributed by atoms with E-state index in [1.54, 1.807) is 30.3 Å². The first-order chi connectivity index (χ1) is 15.9. The lowest BCUT2D eigenvalue weighted by molar-refractivity contribution is -0.157. The maximum atomic E-state index is 14.0. The van der Waals surface area contributed by atoms with Crippen LogP contribution < -0.4 is 4.74 Å². The van der Waals surface area contributed by atoms with E-state index in [-0.39, 0.29) is 5.78 Å². The normalized spacial score (nSPS) is 18.1. The second-order valence-corrected chi connectivity index (χ2v) is 8.85. The molecule has 0 aliphatic carbocycles. The Balaban J connectivity index is 1.93. The first-order valence-corrected chi connectivity index (χ1v) is 11.5. The number of hydrogen-bond donors (Lipinski definition) is 0. The zero-order valence-electron chi connectivity index (χ0n) is 18.3. The summed E-state index contributed by atoms with van der Waals surface area (Å²) in [5.41, 5.74) is 2.94. The molecule has 0 fully saturated rings. The van der Waals surface area contributed by atoms with E-state index in [2.05, 4.69) is 15.9 Å². The number of benzene rings is 3. The van der Waals surface area contributed by atoms with E-state index in [1.165, 1.54) is 7.11 Å². The molecule has 3 atom stereocenters. The molecular formula is C27H23BrO5. The number of Topliss-reactive ketones (excluding diaryl/α,β-unsaturated/α-hetero) is 1. The highest BCUT2D eigenvalue weighted by Crippen LogP contribution is 2.48. The first kappa shape index (κ1) is 22.9. The van der Waals surface area contributed by atoms with Crippen LogP contribution in [-0.4, -0.2) is 24.8 Å². The quantitative estimate of drug-likeness (QED) is 0.192. The number of ketones is 1. The van der Waals surface area contributed by atoms with Gasteiger partial charge in [0.15, 0.2) is 11.7 Å². The molecule has 3 aromatic rings. The Bertz CT molecular complexity index is 1190. The lowest BCUT2D eigenvalue weighted by Gasteiger charge is -2.35. The zero-order valence-corrected chi connectivity index (χ0v) is 19.9. The van der Waals surface area contributed by atoms with Gasteiger partial charge < -0.3 is 9.47 Å². The van der Waals surface area contributed by atoms with Crippen molar-refractivity contribution in [2.24, 2.45) is 5.92 Å². The molecule has 0 spiro atoms. The zero-order chi connectivity index (χ0) is 23.5. The first-order valence-electron chi connectivity index (χ1n) is 10.7. The molecule has 33 heavy (non-hydrogen) atoms. The van der Waals surface area contributed by atoms with Crippen LogP contribution in [0.1, 0.15) is 45.8 Å². The number of methoxy groups -OCH3 is 1. The predicted octanol–water partition coefficient (Wildman–Crippen LogP) is 5.47. The third-order valence-corrected chi connectivity index (χ3v) is 6.55. The topological polar surface area (TPSA) is 69.7 Å². The molecule has 6 heteroatoms. The third-order valence-electron chi connectivity index (χ3n) is 6.06. The van der Waals surface area contributed by atoms with E-state index in [9.17, 15) is 14.4 Å². The number of esters is 2. The Morgan fingerprint density at radius 1 is 1.03 bits per heavy atom. The van der Waals surface area contributed by atoms with Gasteiger partial charge in [-0.2, -0.15) is 0 Å². The van der Waals surface area contributed by atoms with Gasteiger partial charge >= 0.3 is 11.9 Å². The van der Waals surface area contributed by atoms with Gasteiger partial charge in [0.1, 0.15) is 5.75 Å². The van der Waals surface area contributed by atoms with Crippen LogP contribution in [0, 0.1) is 5.92 Å². The Morgan fingerprint density at radius 3 is 2.36 bits per heavy atom. The van der Waals surface area contributed by atoms with E-state index in [0.717, 1.165) is 16.5 Å². The molecule has 0 amide bonds. The summed E-state index contributed by atoms with van der Waals surface area (Å²) in [6.45, 7) is 2.05. The number of hydrogen-bond acceptors (Lipinski definition) is 5. The van der Waals surface area contributed by atoms with Crippen molar-refractivity contribution in [3.63, 3.8) is 0 Å². The highest BCUT2D eigenvalue weighted by Gasteiger charge is 2.49. The third kappa shape index (κ3) is 4.48. The van der Waals surface area contributed by atoms with E-state index < -0.39 is 29.7 Å². The Morgan fingerprint density at radius 2 is 1.73 bits per heavy atom. The molecular weight excluding hydrogens is 484 g/mol. The SMILES string of the molecule is CCc1ccc(C(=O)C(c2ccccc2)C2c3cc(Br)ccc3OC(=O)C2C(=O)OC)cc1. The van der Waals surface area contributed by atoms with Crippen LogP contribution in [0.2, 0.25) is 0 Å². The molecule has 0 radical (unpaired) electrons. The number of aryl methyl sites for hydroxylation is 1. The van der Waals surface area contributed by atoms with Crippen molar-refractivity contribution in [3.05, 3.63) is 99.5 Å². The summed E-state index contributed by atoms with van der Waals surface area (Å²) < 4.78 is 11.2. The van der Waals surface area contributed by atoms with Crippen molar-refractivity contribution in [1.82, 2.24) is 0 Å². The van der Waals surface area contributed by atoms with Gasteiger partial charge in [-0.3, -0.25) is 14.4 Å². The van der Waals surface area contributed by atoms with Gasteiger partial charge in [0.05, 0.1) is 13.0 Å². The van der Waals surface area contributed by atoms with Crippen molar-refractivity contribution < 1.29 is 23.9 Å². The fraction of sp³-hybridized carbons (Fsp3) is 0.222. The number of halogens is 1. The summed E-state index contributed by atoms with van der Waals surface area (Å²) in [5, 5.41) is 0. The van der Waals surface area contributed by atoms with Crippen molar-refractivity contribution in [2.75, 3.05) is 7.11 Å². The van der Waals surface area contributed by atoms with Crippen molar-refractivity contribution in [1.29, 1.82) is 0 Å². The minimum absolute atomic E-state index is 0.177. The van der Waals surface area contributed by atoms with E-state index in [1.807, 2.05) is 49.4 Å². The van der Waals surface area contributed by atoms with Crippen LogP contribution >= 0.6 is 15.9 Å². The van der Waals surface area contributed by atoms with Gasteiger partial charge in [-0.25, -0.2) is 0 Å². The average molecular weight is 507 g/mol. The Labute approximate surface area is 200 Å². The summed E-state index contributed by atoms with van der Waals surface area (Å²) in [6, 6.07) is 21.9. The number of ether oxygens (including phenoxy) is 2. The summed E-state index contributed by atoms with van der Waals surface area (Å²) in [6.07, 6.45) is 0.858. The molecule has 0 saturated carbocycles. The summed E-state index contributed by atoms with van der Waals surface area (Å²) in [5.74, 6) is -4.18. The van der Waals surface area contributed by atoms with Gasteiger partial charge in [0, 0.05) is 21.5 Å². The fourth-order valence-electron chi connectivity index (χ4n) is 4.38. The Kier molecular flexibility index (Phi) is 6.75. The van der Waals surface area contributed by atoms with E-state index in [4.69, 9.17) is 9.47 Å². The summed E-state index contributed by atoms with van der Waals surface area (Å²) >= 11 is 3.47. The smallest absolute Gasteiger partial charge is 0.326 e. The minimum atomic E-state index is -1.28. The second kappa shape index (κ2) is 9.71. The molecule has 3 unspecified atom stereocenters. The van der Waals surface area contributed by atoms with Crippen molar-refractivity contribution in [3.8, 4) is 5.75 Å². The number of rotatable bonds is 6. The van der Waals surface area contributed by atoms with Gasteiger partial charge in [0.2, 0.25) is 0 Å². The van der Waals surface area contributed by atoms with E-state index >= 15 is 0 Å². The molecule has 0 N–H and O–H groups in total. The molecule has 0 aromatic heterocycles. The number of carbonyl (C=O) groups excluding carboxylic acids is 3. The predicted molar refractivity (Wildman–Crippen MR) is 127 cm³/mol. The molecule has 0 saturated heterocycles. The minimum Gasteiger partial charge on any atom is -0.468 e. The molecule has 4 rings (SSSR count). The second-order valence-electron chi connectivity index (χ2n) is 7.93. The maximum Gasteiger partial charge on any atom is 0.326 e. The van der Waals surface area contributed by atoms with Crippen LogP contribution in [0.25, 0.3) is 0 Å². The monoisotopic (exact) mass is 506 g/mol. The lowest BCUT2D eigenvalue weighted by atomic mass is 9.69. The molecule has 5 nitrogen and oxygen atoms in total. The highest BCUT2D eigenvalue weighted by atomic mass is 79.9. The standard InChI is InChI=1S/C27H23BrO5/c1-3-16-9-11-18(12-10-16)25(29)22(17-7-5-4-6-8-17)23-20-15-19(28)13-14-21(20)33-27(31)24(23)26(30)32-2/h4-15,22-24H,3H2,1-2H3. The molecule has 0 bridgehead atoms. The molecule has 1 aliphatic heterocycles. The van der Waals surface area contributed by atoms with Crippen LogP contribution in [0.15, 0.2) is 77.3 Å². The number of fused-ring (bicyclic) bond motifs is 1. The number of carbonyl (C=O) groups is 3. The molecule has 3 aromatic carbocycles. The average Bonchev–Trinajstić information content (AvgIpc) is 2.84.